The Bertz CT molecular complexity index is 1120. The molecule has 2 aliphatic rings. The molecule has 9 nitrogen and oxygen atoms in total. The molecule has 1 fully saturated rings. The van der Waals surface area contributed by atoms with Crippen molar-refractivity contribution in [3.8, 4) is 11.1 Å². The molecule has 2 aromatic carbocycles. The summed E-state index contributed by atoms with van der Waals surface area (Å²) in [7, 11) is 1.50. The number of nitrogens with zero attached hydrogens (tertiary/aromatic N) is 2. The topological polar surface area (TPSA) is 116 Å². The van der Waals surface area contributed by atoms with Crippen molar-refractivity contribution in [2.45, 2.75) is 31.8 Å². The van der Waals surface area contributed by atoms with Crippen LogP contribution in [0.5, 0.6) is 0 Å². The van der Waals surface area contributed by atoms with Crippen molar-refractivity contribution in [3.63, 3.8) is 0 Å². The number of ether oxygens (including phenoxy) is 1. The predicted octanol–water partition coefficient (Wildman–Crippen LogP) is 2.30. The molecule has 1 heterocycles. The van der Waals surface area contributed by atoms with Gasteiger partial charge in [-0.05, 0) is 29.2 Å². The van der Waals surface area contributed by atoms with Crippen LogP contribution in [0, 0.1) is 5.92 Å². The molecule has 4 rings (SSSR count). The number of nitrogens with one attached hydrogen (secondary N) is 1. The standard InChI is InChI=1S/C26H29N3O6/c1-15(24(31)29-13-23(30)28(3)12-22(29)25(32)33)16(2)27-26(34)35-14-21-19-10-6-4-8-17(19)18-9-5-7-11-20(18)21/h4-11,15-16,21-22H,12-14H2,1-3H3,(H,27,34)(H,32,33). The normalized spacial score (nSPS) is 18.9. The van der Waals surface area contributed by atoms with Crippen LogP contribution in [0.4, 0.5) is 4.79 Å². The Morgan fingerprint density at radius 3 is 2.20 bits per heavy atom. The molecule has 2 N–H and O–H groups in total. The zero-order valence-corrected chi connectivity index (χ0v) is 19.9. The summed E-state index contributed by atoms with van der Waals surface area (Å²) in [6.45, 7) is 2.99. The van der Waals surface area contributed by atoms with Gasteiger partial charge in [-0.15, -0.1) is 0 Å². The van der Waals surface area contributed by atoms with E-state index in [0.29, 0.717) is 0 Å². The van der Waals surface area contributed by atoms with Crippen LogP contribution in [0.1, 0.15) is 30.9 Å². The molecule has 1 aliphatic heterocycles. The number of hydrogen-bond donors (Lipinski definition) is 2. The Balaban J connectivity index is 1.38. The molecule has 3 atom stereocenters. The molecule has 2 aromatic rings. The number of fused-ring (bicyclic) bond motifs is 3. The van der Waals surface area contributed by atoms with Crippen molar-refractivity contribution in [1.29, 1.82) is 0 Å². The first kappa shape index (κ1) is 24.3. The maximum Gasteiger partial charge on any atom is 0.407 e. The fourth-order valence-corrected chi connectivity index (χ4v) is 4.71. The smallest absolute Gasteiger partial charge is 0.407 e. The lowest BCUT2D eigenvalue weighted by Crippen LogP contribution is -2.61. The summed E-state index contributed by atoms with van der Waals surface area (Å²) >= 11 is 0. The van der Waals surface area contributed by atoms with Crippen LogP contribution in [0.3, 0.4) is 0 Å². The number of likely N-dealkylation sites (N-methyl/N-ethyl adjacent to an activating group) is 1. The van der Waals surface area contributed by atoms with E-state index in [1.165, 1.54) is 11.9 Å². The molecule has 1 saturated heterocycles. The largest absolute Gasteiger partial charge is 0.480 e. The summed E-state index contributed by atoms with van der Waals surface area (Å²) in [6, 6.07) is 14.3. The van der Waals surface area contributed by atoms with Gasteiger partial charge in [-0.25, -0.2) is 9.59 Å². The van der Waals surface area contributed by atoms with Gasteiger partial charge in [0.05, 0.1) is 12.5 Å². The Hall–Kier alpha value is -3.88. The number of amides is 3. The lowest BCUT2D eigenvalue weighted by atomic mass is 9.98. The zero-order valence-electron chi connectivity index (χ0n) is 19.9. The number of carbonyl (C=O) groups excluding carboxylic acids is 3. The summed E-state index contributed by atoms with van der Waals surface area (Å²) in [5.74, 6) is -2.86. The number of alkyl carbamates (subject to hydrolysis) is 1. The molecule has 9 heteroatoms. The van der Waals surface area contributed by atoms with Crippen molar-refractivity contribution >= 4 is 23.9 Å². The highest BCUT2D eigenvalue weighted by molar-refractivity contribution is 5.92. The van der Waals surface area contributed by atoms with Gasteiger partial charge in [0.2, 0.25) is 11.8 Å². The van der Waals surface area contributed by atoms with Gasteiger partial charge in [-0.2, -0.15) is 0 Å². The third-order valence-corrected chi connectivity index (χ3v) is 6.95. The zero-order chi connectivity index (χ0) is 25.3. The van der Waals surface area contributed by atoms with Crippen LogP contribution < -0.4 is 5.32 Å². The number of carboxylic acid groups (broad SMARTS) is 1. The molecule has 3 unspecified atom stereocenters. The SMILES string of the molecule is CC(NC(=O)OCC1c2ccccc2-c2ccccc21)C(C)C(=O)N1CC(=O)N(C)CC1C(=O)O. The molecular weight excluding hydrogens is 450 g/mol. The first-order valence-electron chi connectivity index (χ1n) is 11.6. The summed E-state index contributed by atoms with van der Waals surface area (Å²) < 4.78 is 5.55. The third-order valence-electron chi connectivity index (χ3n) is 6.95. The lowest BCUT2D eigenvalue weighted by molar-refractivity contribution is -0.160. The predicted molar refractivity (Wildman–Crippen MR) is 128 cm³/mol. The van der Waals surface area contributed by atoms with E-state index in [9.17, 15) is 24.3 Å². The van der Waals surface area contributed by atoms with Crippen molar-refractivity contribution in [1.82, 2.24) is 15.1 Å². The van der Waals surface area contributed by atoms with E-state index in [2.05, 4.69) is 17.4 Å². The van der Waals surface area contributed by atoms with Crippen LogP contribution in [0.15, 0.2) is 48.5 Å². The van der Waals surface area contributed by atoms with Crippen molar-refractivity contribution < 1.29 is 29.0 Å². The minimum Gasteiger partial charge on any atom is -0.480 e. The fourth-order valence-electron chi connectivity index (χ4n) is 4.71. The summed E-state index contributed by atoms with van der Waals surface area (Å²) in [5.41, 5.74) is 4.44. The van der Waals surface area contributed by atoms with Crippen LogP contribution in [-0.4, -0.2) is 77.6 Å². The second-order valence-electron chi connectivity index (χ2n) is 9.14. The number of carboxylic acids is 1. The minimum absolute atomic E-state index is 0.0825. The Kier molecular flexibility index (Phi) is 6.77. The van der Waals surface area contributed by atoms with Crippen LogP contribution in [-0.2, 0) is 19.1 Å². The molecule has 0 bridgehead atoms. The second-order valence-corrected chi connectivity index (χ2v) is 9.14. The average molecular weight is 480 g/mol. The molecule has 0 aromatic heterocycles. The van der Waals surface area contributed by atoms with E-state index >= 15 is 0 Å². The second kappa shape index (κ2) is 9.77. The molecule has 3 amide bonds. The monoisotopic (exact) mass is 479 g/mol. The molecule has 1 aliphatic carbocycles. The molecule has 0 spiro atoms. The van der Waals surface area contributed by atoms with Gasteiger partial charge in [-0.3, -0.25) is 9.59 Å². The first-order valence-corrected chi connectivity index (χ1v) is 11.6. The van der Waals surface area contributed by atoms with Gasteiger partial charge < -0.3 is 25.0 Å². The van der Waals surface area contributed by atoms with Gasteiger partial charge in [0.15, 0.2) is 0 Å². The average Bonchev–Trinajstić information content (AvgIpc) is 3.16. The van der Waals surface area contributed by atoms with Crippen LogP contribution in [0.2, 0.25) is 0 Å². The highest BCUT2D eigenvalue weighted by Gasteiger charge is 2.40. The minimum atomic E-state index is -1.18. The van der Waals surface area contributed by atoms with Gasteiger partial charge in [0.25, 0.3) is 0 Å². The number of hydrogen-bond acceptors (Lipinski definition) is 5. The van der Waals surface area contributed by atoms with Gasteiger partial charge in [0, 0.05) is 19.0 Å². The number of carbonyl (C=O) groups is 4. The Morgan fingerprint density at radius 1 is 1.06 bits per heavy atom. The van der Waals surface area contributed by atoms with Crippen LogP contribution in [0.25, 0.3) is 11.1 Å². The van der Waals surface area contributed by atoms with Gasteiger partial charge in [0.1, 0.15) is 19.2 Å². The fraction of sp³-hybridized carbons (Fsp3) is 0.385. The van der Waals surface area contributed by atoms with Crippen molar-refractivity contribution in [2.24, 2.45) is 5.92 Å². The molecule has 0 radical (unpaired) electrons. The third kappa shape index (κ3) is 4.71. The molecule has 35 heavy (non-hydrogen) atoms. The molecule has 0 saturated carbocycles. The van der Waals surface area contributed by atoms with E-state index in [1.54, 1.807) is 13.8 Å². The number of aliphatic carboxylic acids is 1. The summed E-state index contributed by atoms with van der Waals surface area (Å²) in [6.07, 6.45) is -0.664. The van der Waals surface area contributed by atoms with Crippen molar-refractivity contribution in [2.75, 3.05) is 26.7 Å². The van der Waals surface area contributed by atoms with E-state index in [-0.39, 0.29) is 31.5 Å². The number of piperazine rings is 1. The lowest BCUT2D eigenvalue weighted by Gasteiger charge is -2.39. The Morgan fingerprint density at radius 2 is 1.63 bits per heavy atom. The maximum absolute atomic E-state index is 13.0. The van der Waals surface area contributed by atoms with Crippen LogP contribution >= 0.6 is 0 Å². The van der Waals surface area contributed by atoms with Gasteiger partial charge >= 0.3 is 12.1 Å². The van der Waals surface area contributed by atoms with E-state index in [4.69, 9.17) is 4.74 Å². The van der Waals surface area contributed by atoms with E-state index in [1.807, 2.05) is 36.4 Å². The Labute approximate surface area is 203 Å². The van der Waals surface area contributed by atoms with E-state index < -0.39 is 36.0 Å². The van der Waals surface area contributed by atoms with Gasteiger partial charge in [-0.1, -0.05) is 55.5 Å². The highest BCUT2D eigenvalue weighted by Crippen LogP contribution is 2.44. The number of rotatable bonds is 6. The van der Waals surface area contributed by atoms with E-state index in [0.717, 1.165) is 27.2 Å². The number of benzene rings is 2. The van der Waals surface area contributed by atoms with Crippen molar-refractivity contribution in [3.05, 3.63) is 59.7 Å². The highest BCUT2D eigenvalue weighted by atomic mass is 16.5. The first-order chi connectivity index (χ1) is 16.7. The quantitative estimate of drug-likeness (QED) is 0.657. The molecule has 184 valence electrons. The summed E-state index contributed by atoms with van der Waals surface area (Å²) in [5, 5.41) is 12.2. The maximum atomic E-state index is 13.0. The molecular formula is C26H29N3O6. The summed E-state index contributed by atoms with van der Waals surface area (Å²) in [4.78, 5) is 51.7.